The molecule has 5 nitrogen and oxygen atoms in total. The molecule has 1 aliphatic rings. The van der Waals surface area contributed by atoms with E-state index in [0.717, 1.165) is 11.1 Å². The molecule has 0 saturated heterocycles. The summed E-state index contributed by atoms with van der Waals surface area (Å²) >= 11 is 0. The van der Waals surface area contributed by atoms with Crippen molar-refractivity contribution in [2.75, 3.05) is 6.79 Å². The molecule has 0 spiro atoms. The molecule has 6 heteroatoms. The van der Waals surface area contributed by atoms with E-state index >= 15 is 0 Å². The molecule has 0 fully saturated rings. The largest absolute Gasteiger partial charge is 0.454 e. The van der Waals surface area contributed by atoms with Crippen LogP contribution in [-0.4, -0.2) is 12.8 Å². The summed E-state index contributed by atoms with van der Waals surface area (Å²) in [4.78, 5) is 12.2. The van der Waals surface area contributed by atoms with E-state index in [1.807, 2.05) is 32.0 Å². The van der Waals surface area contributed by atoms with Gasteiger partial charge in [-0.3, -0.25) is 0 Å². The van der Waals surface area contributed by atoms with Crippen molar-refractivity contribution in [3.8, 4) is 11.5 Å². The summed E-state index contributed by atoms with van der Waals surface area (Å²) in [7, 11) is 0. The molecule has 0 bridgehead atoms. The Bertz CT molecular complexity index is 744. The van der Waals surface area contributed by atoms with Crippen LogP contribution in [0.15, 0.2) is 42.5 Å². The molecule has 0 aromatic heterocycles. The maximum Gasteiger partial charge on any atom is 0.315 e. The first-order chi connectivity index (χ1) is 11.4. The van der Waals surface area contributed by atoms with Crippen LogP contribution in [0.3, 0.4) is 0 Å². The van der Waals surface area contributed by atoms with Gasteiger partial charge in [0.05, 0.1) is 5.54 Å². The third kappa shape index (κ3) is 3.59. The number of amides is 2. The fourth-order valence-electron chi connectivity index (χ4n) is 2.47. The normalized spacial score (nSPS) is 12.8. The summed E-state index contributed by atoms with van der Waals surface area (Å²) in [6.45, 7) is 4.35. The monoisotopic (exact) mass is 330 g/mol. The number of nitrogens with one attached hydrogen (secondary N) is 2. The maximum atomic E-state index is 12.9. The van der Waals surface area contributed by atoms with Crippen molar-refractivity contribution >= 4 is 6.03 Å². The highest BCUT2D eigenvalue weighted by Gasteiger charge is 2.25. The van der Waals surface area contributed by atoms with E-state index in [4.69, 9.17) is 9.47 Å². The maximum absolute atomic E-state index is 12.9. The summed E-state index contributed by atoms with van der Waals surface area (Å²) in [5.41, 5.74) is 1.14. The Morgan fingerprint density at radius 3 is 2.58 bits per heavy atom. The SMILES string of the molecule is CC(C)(NC(=O)NCc1ccc(F)cc1)c1ccc2c(c1)OCO2. The average molecular weight is 330 g/mol. The lowest BCUT2D eigenvalue weighted by Gasteiger charge is -2.27. The lowest BCUT2D eigenvalue weighted by Crippen LogP contribution is -2.46. The van der Waals surface area contributed by atoms with E-state index in [9.17, 15) is 9.18 Å². The van der Waals surface area contributed by atoms with Crippen molar-refractivity contribution in [1.82, 2.24) is 10.6 Å². The van der Waals surface area contributed by atoms with Gasteiger partial charge in [-0.15, -0.1) is 0 Å². The number of hydrogen-bond donors (Lipinski definition) is 2. The van der Waals surface area contributed by atoms with Gasteiger partial charge in [0.1, 0.15) is 5.82 Å². The lowest BCUT2D eigenvalue weighted by molar-refractivity contribution is 0.174. The zero-order valence-electron chi connectivity index (χ0n) is 13.6. The van der Waals surface area contributed by atoms with Crippen molar-refractivity contribution in [2.45, 2.75) is 25.9 Å². The van der Waals surface area contributed by atoms with Gasteiger partial charge in [-0.05, 0) is 49.2 Å². The molecular weight excluding hydrogens is 311 g/mol. The average Bonchev–Trinajstić information content (AvgIpc) is 3.01. The first-order valence-corrected chi connectivity index (χ1v) is 7.65. The second-order valence-electron chi connectivity index (χ2n) is 6.13. The van der Waals surface area contributed by atoms with Crippen LogP contribution in [0.1, 0.15) is 25.0 Å². The Kier molecular flexibility index (Phi) is 4.29. The van der Waals surface area contributed by atoms with Gasteiger partial charge >= 0.3 is 6.03 Å². The summed E-state index contributed by atoms with van der Waals surface area (Å²) in [6, 6.07) is 11.3. The second kappa shape index (κ2) is 6.39. The number of fused-ring (bicyclic) bond motifs is 1. The van der Waals surface area contributed by atoms with Crippen molar-refractivity contribution in [2.24, 2.45) is 0 Å². The van der Waals surface area contributed by atoms with Crippen LogP contribution in [0.4, 0.5) is 9.18 Å². The predicted molar refractivity (Wildman–Crippen MR) is 87.4 cm³/mol. The molecular formula is C18H19FN2O3. The molecule has 0 aliphatic carbocycles. The summed E-state index contributed by atoms with van der Waals surface area (Å²) in [5, 5.41) is 5.69. The number of urea groups is 1. The van der Waals surface area contributed by atoms with Crippen molar-refractivity contribution in [3.05, 3.63) is 59.4 Å². The summed E-state index contributed by atoms with van der Waals surface area (Å²) < 4.78 is 23.5. The Morgan fingerprint density at radius 1 is 1.12 bits per heavy atom. The van der Waals surface area contributed by atoms with Gasteiger partial charge in [-0.1, -0.05) is 18.2 Å². The van der Waals surface area contributed by atoms with Gasteiger partial charge < -0.3 is 20.1 Å². The topological polar surface area (TPSA) is 59.6 Å². The van der Waals surface area contributed by atoms with Crippen LogP contribution >= 0.6 is 0 Å². The summed E-state index contributed by atoms with van der Waals surface area (Å²) in [6.07, 6.45) is 0. The highest BCUT2D eigenvalue weighted by molar-refractivity contribution is 5.75. The molecule has 2 amide bonds. The molecule has 0 saturated carbocycles. The fraction of sp³-hybridized carbons (Fsp3) is 0.278. The number of benzene rings is 2. The molecule has 3 rings (SSSR count). The van der Waals surface area contributed by atoms with E-state index in [0.29, 0.717) is 18.0 Å². The van der Waals surface area contributed by atoms with Gasteiger partial charge in [0.2, 0.25) is 6.79 Å². The minimum absolute atomic E-state index is 0.213. The number of carbonyl (C=O) groups is 1. The Hall–Kier alpha value is -2.76. The number of hydrogen-bond acceptors (Lipinski definition) is 3. The Balaban J connectivity index is 1.61. The minimum Gasteiger partial charge on any atom is -0.454 e. The molecule has 0 unspecified atom stereocenters. The van der Waals surface area contributed by atoms with Crippen LogP contribution < -0.4 is 20.1 Å². The Labute approximate surface area is 139 Å². The molecule has 1 aliphatic heterocycles. The van der Waals surface area contributed by atoms with Gasteiger partial charge in [-0.2, -0.15) is 0 Å². The molecule has 0 radical (unpaired) electrons. The zero-order valence-corrected chi connectivity index (χ0v) is 13.6. The Morgan fingerprint density at radius 2 is 1.83 bits per heavy atom. The van der Waals surface area contributed by atoms with Crippen molar-refractivity contribution in [3.63, 3.8) is 0 Å². The van der Waals surface area contributed by atoms with E-state index < -0.39 is 5.54 Å². The van der Waals surface area contributed by atoms with Crippen molar-refractivity contribution < 1.29 is 18.7 Å². The van der Waals surface area contributed by atoms with Crippen LogP contribution in [0.5, 0.6) is 11.5 Å². The van der Waals surface area contributed by atoms with Crippen molar-refractivity contribution in [1.29, 1.82) is 0 Å². The van der Waals surface area contributed by atoms with Crippen LogP contribution in [0.2, 0.25) is 0 Å². The molecule has 0 atom stereocenters. The first-order valence-electron chi connectivity index (χ1n) is 7.65. The number of halogens is 1. The third-order valence-corrected chi connectivity index (χ3v) is 3.89. The summed E-state index contributed by atoms with van der Waals surface area (Å²) in [5.74, 6) is 1.08. The van der Waals surface area contributed by atoms with E-state index in [2.05, 4.69) is 10.6 Å². The molecule has 2 N–H and O–H groups in total. The van der Waals surface area contributed by atoms with E-state index in [-0.39, 0.29) is 18.6 Å². The lowest BCUT2D eigenvalue weighted by atomic mass is 9.94. The molecule has 24 heavy (non-hydrogen) atoms. The minimum atomic E-state index is -0.589. The molecule has 2 aromatic carbocycles. The number of ether oxygens (including phenoxy) is 2. The van der Waals surface area contributed by atoms with Crippen LogP contribution in [0.25, 0.3) is 0 Å². The quantitative estimate of drug-likeness (QED) is 0.904. The van der Waals surface area contributed by atoms with Crippen LogP contribution in [0, 0.1) is 5.82 Å². The highest BCUT2D eigenvalue weighted by atomic mass is 19.1. The van der Waals surface area contributed by atoms with Gasteiger partial charge in [0.25, 0.3) is 0 Å². The van der Waals surface area contributed by atoms with Crippen LogP contribution in [-0.2, 0) is 12.1 Å². The smallest absolute Gasteiger partial charge is 0.315 e. The molecule has 2 aromatic rings. The third-order valence-electron chi connectivity index (χ3n) is 3.89. The number of carbonyl (C=O) groups excluding carboxylic acids is 1. The molecule has 126 valence electrons. The van der Waals surface area contributed by atoms with E-state index in [1.165, 1.54) is 12.1 Å². The number of rotatable bonds is 4. The fourth-order valence-corrected chi connectivity index (χ4v) is 2.47. The zero-order chi connectivity index (χ0) is 17.2. The predicted octanol–water partition coefficient (Wildman–Crippen LogP) is 3.29. The molecule has 1 heterocycles. The first kappa shape index (κ1) is 16.1. The standard InChI is InChI=1S/C18H19FN2O3/c1-18(2,13-5-8-15-16(9-13)24-11-23-15)21-17(22)20-10-12-3-6-14(19)7-4-12/h3-9H,10-11H2,1-2H3,(H2,20,21,22). The van der Waals surface area contributed by atoms with Gasteiger partial charge in [0, 0.05) is 6.54 Å². The van der Waals surface area contributed by atoms with E-state index in [1.54, 1.807) is 12.1 Å². The van der Waals surface area contributed by atoms with Gasteiger partial charge in [0.15, 0.2) is 11.5 Å². The highest BCUT2D eigenvalue weighted by Crippen LogP contribution is 2.35. The van der Waals surface area contributed by atoms with Gasteiger partial charge in [-0.25, -0.2) is 9.18 Å². The second-order valence-corrected chi connectivity index (χ2v) is 6.13.